The van der Waals surface area contributed by atoms with Crippen LogP contribution in [0.1, 0.15) is 11.4 Å². The fourth-order valence-electron chi connectivity index (χ4n) is 3.50. The van der Waals surface area contributed by atoms with Crippen molar-refractivity contribution in [1.82, 2.24) is 14.8 Å². The Labute approximate surface area is 178 Å². The van der Waals surface area contributed by atoms with Gasteiger partial charge >= 0.3 is 0 Å². The normalized spacial score (nSPS) is 16.1. The molecule has 1 saturated heterocycles. The number of halogens is 2. The molecule has 2 heterocycles. The van der Waals surface area contributed by atoms with Crippen molar-refractivity contribution in [2.75, 3.05) is 38.0 Å². The number of rotatable bonds is 5. The van der Waals surface area contributed by atoms with Gasteiger partial charge < -0.3 is 5.32 Å². The van der Waals surface area contributed by atoms with Gasteiger partial charge in [-0.3, -0.25) is 14.6 Å². The maximum Gasteiger partial charge on any atom is 0.238 e. The Balaban J connectivity index is 1.30. The second kappa shape index (κ2) is 9.17. The summed E-state index contributed by atoms with van der Waals surface area (Å²) in [5.74, 6) is -0.284. The van der Waals surface area contributed by atoms with Crippen LogP contribution < -0.4 is 5.32 Å². The fourth-order valence-corrected chi connectivity index (χ4v) is 4.72. The highest BCUT2D eigenvalue weighted by atomic mass is 35.5. The molecule has 3 aromatic rings. The van der Waals surface area contributed by atoms with Crippen LogP contribution in [-0.4, -0.2) is 53.4 Å². The van der Waals surface area contributed by atoms with Gasteiger partial charge in [0.15, 0.2) is 0 Å². The minimum atomic E-state index is -0.229. The van der Waals surface area contributed by atoms with Crippen molar-refractivity contribution >= 4 is 44.7 Å². The average Bonchev–Trinajstić information content (AvgIpc) is 2.95. The molecule has 1 fully saturated rings. The molecule has 0 saturated carbocycles. The summed E-state index contributed by atoms with van der Waals surface area (Å²) in [5, 5.41) is 4.42. The molecule has 0 spiro atoms. The molecule has 1 amide bonds. The van der Waals surface area contributed by atoms with Crippen molar-refractivity contribution < 1.29 is 9.18 Å². The number of thiazole rings is 1. The number of anilines is 1. The number of para-hydroxylation sites is 1. The zero-order valence-electron chi connectivity index (χ0n) is 15.9. The molecule has 5 nitrogen and oxygen atoms in total. The molecule has 2 aromatic carbocycles. The highest BCUT2D eigenvalue weighted by molar-refractivity contribution is 7.18. The number of nitrogens with one attached hydrogen (secondary N) is 1. The monoisotopic (exact) mass is 432 g/mol. The summed E-state index contributed by atoms with van der Waals surface area (Å²) in [6, 6.07) is 12.0. The molecule has 0 bridgehead atoms. The summed E-state index contributed by atoms with van der Waals surface area (Å²) < 4.78 is 14.3. The van der Waals surface area contributed by atoms with E-state index in [0.29, 0.717) is 17.3 Å². The van der Waals surface area contributed by atoms with Crippen LogP contribution in [0.4, 0.5) is 10.1 Å². The van der Waals surface area contributed by atoms with E-state index in [2.05, 4.69) is 20.1 Å². The number of amides is 1. The molecule has 0 aliphatic carbocycles. The van der Waals surface area contributed by atoms with Gasteiger partial charge in [-0.1, -0.05) is 23.7 Å². The lowest BCUT2D eigenvalue weighted by Gasteiger charge is -2.20. The summed E-state index contributed by atoms with van der Waals surface area (Å²) in [5.41, 5.74) is 1.49. The van der Waals surface area contributed by atoms with E-state index in [1.165, 1.54) is 12.1 Å². The van der Waals surface area contributed by atoms with Crippen molar-refractivity contribution in [3.63, 3.8) is 0 Å². The Morgan fingerprint density at radius 1 is 1.14 bits per heavy atom. The maximum absolute atomic E-state index is 13.4. The van der Waals surface area contributed by atoms with Crippen LogP contribution >= 0.6 is 22.9 Å². The number of carbonyl (C=O) groups excluding carboxylic acids is 1. The SMILES string of the molecule is O=C(CN1CCCN(Cc2nc3ccc(F)cc3s2)CC1)Nc1ccccc1Cl. The molecule has 1 aromatic heterocycles. The molecule has 1 aliphatic heterocycles. The first-order valence-corrected chi connectivity index (χ1v) is 10.8. The summed E-state index contributed by atoms with van der Waals surface area (Å²) in [6.45, 7) is 4.60. The number of aromatic nitrogens is 1. The number of carbonyl (C=O) groups is 1. The van der Waals surface area contributed by atoms with E-state index in [-0.39, 0.29) is 11.7 Å². The van der Waals surface area contributed by atoms with Crippen LogP contribution in [-0.2, 0) is 11.3 Å². The average molecular weight is 433 g/mol. The predicted octanol–water partition coefficient (Wildman–Crippen LogP) is 4.24. The van der Waals surface area contributed by atoms with E-state index in [1.807, 2.05) is 12.1 Å². The van der Waals surface area contributed by atoms with Crippen molar-refractivity contribution in [2.45, 2.75) is 13.0 Å². The summed E-state index contributed by atoms with van der Waals surface area (Å²) >= 11 is 7.65. The molecule has 0 unspecified atom stereocenters. The first kappa shape index (κ1) is 20.2. The molecular weight excluding hydrogens is 411 g/mol. The molecular formula is C21H22ClFN4OS. The summed E-state index contributed by atoms with van der Waals surface area (Å²) in [6.07, 6.45) is 0.985. The third-order valence-corrected chi connectivity index (χ3v) is 6.28. The lowest BCUT2D eigenvalue weighted by atomic mass is 10.3. The van der Waals surface area contributed by atoms with Gasteiger partial charge in [0.2, 0.25) is 5.91 Å². The van der Waals surface area contributed by atoms with Crippen molar-refractivity contribution in [1.29, 1.82) is 0 Å². The molecule has 1 aliphatic rings. The second-order valence-corrected chi connectivity index (χ2v) is 8.68. The van der Waals surface area contributed by atoms with Gasteiger partial charge in [-0.05, 0) is 49.8 Å². The van der Waals surface area contributed by atoms with Crippen molar-refractivity contribution in [2.24, 2.45) is 0 Å². The topological polar surface area (TPSA) is 48.5 Å². The second-order valence-electron chi connectivity index (χ2n) is 7.15. The highest BCUT2D eigenvalue weighted by Crippen LogP contribution is 2.24. The Morgan fingerprint density at radius 2 is 1.93 bits per heavy atom. The molecule has 4 rings (SSSR count). The van der Waals surface area contributed by atoms with Crippen LogP contribution in [0.25, 0.3) is 10.2 Å². The third-order valence-electron chi connectivity index (χ3n) is 4.95. The van der Waals surface area contributed by atoms with Gasteiger partial charge in [0.1, 0.15) is 10.8 Å². The van der Waals surface area contributed by atoms with Gasteiger partial charge in [0.25, 0.3) is 0 Å². The molecule has 29 heavy (non-hydrogen) atoms. The highest BCUT2D eigenvalue weighted by Gasteiger charge is 2.19. The fraction of sp³-hybridized carbons (Fsp3) is 0.333. The van der Waals surface area contributed by atoms with Crippen LogP contribution in [0.15, 0.2) is 42.5 Å². The van der Waals surface area contributed by atoms with E-state index in [9.17, 15) is 9.18 Å². The van der Waals surface area contributed by atoms with Crippen LogP contribution in [0.2, 0.25) is 5.02 Å². The number of hydrogen-bond acceptors (Lipinski definition) is 5. The maximum atomic E-state index is 13.4. The van der Waals surface area contributed by atoms with E-state index < -0.39 is 0 Å². The lowest BCUT2D eigenvalue weighted by Crippen LogP contribution is -2.36. The smallest absolute Gasteiger partial charge is 0.238 e. The van der Waals surface area contributed by atoms with E-state index in [4.69, 9.17) is 11.6 Å². The number of nitrogens with zero attached hydrogens (tertiary/aromatic N) is 3. The quantitative estimate of drug-likeness (QED) is 0.655. The number of benzene rings is 2. The third kappa shape index (κ3) is 5.30. The lowest BCUT2D eigenvalue weighted by molar-refractivity contribution is -0.117. The molecule has 0 atom stereocenters. The summed E-state index contributed by atoms with van der Waals surface area (Å²) in [7, 11) is 0. The first-order chi connectivity index (χ1) is 14.1. The largest absolute Gasteiger partial charge is 0.324 e. The van der Waals surface area contributed by atoms with Crippen LogP contribution in [0.3, 0.4) is 0 Å². The molecule has 0 radical (unpaired) electrons. The number of hydrogen-bond donors (Lipinski definition) is 1. The predicted molar refractivity (Wildman–Crippen MR) is 116 cm³/mol. The molecule has 1 N–H and O–H groups in total. The summed E-state index contributed by atoms with van der Waals surface area (Å²) in [4.78, 5) is 21.5. The number of fused-ring (bicyclic) bond motifs is 1. The van der Waals surface area contributed by atoms with Crippen molar-refractivity contribution in [3.05, 3.63) is 58.3 Å². The van der Waals surface area contributed by atoms with E-state index >= 15 is 0 Å². The van der Waals surface area contributed by atoms with Crippen molar-refractivity contribution in [3.8, 4) is 0 Å². The molecule has 152 valence electrons. The van der Waals surface area contributed by atoms with E-state index in [1.54, 1.807) is 29.5 Å². The Kier molecular flexibility index (Phi) is 6.40. The van der Waals surface area contributed by atoms with Gasteiger partial charge in [-0.15, -0.1) is 11.3 Å². The Bertz CT molecular complexity index is 1010. The molecule has 8 heteroatoms. The van der Waals surface area contributed by atoms with Gasteiger partial charge in [-0.2, -0.15) is 0 Å². The van der Waals surface area contributed by atoms with Crippen LogP contribution in [0, 0.1) is 5.82 Å². The zero-order chi connectivity index (χ0) is 20.2. The van der Waals surface area contributed by atoms with Gasteiger partial charge in [0, 0.05) is 13.1 Å². The zero-order valence-corrected chi connectivity index (χ0v) is 17.5. The van der Waals surface area contributed by atoms with Gasteiger partial charge in [0.05, 0.1) is 34.0 Å². The minimum Gasteiger partial charge on any atom is -0.324 e. The first-order valence-electron chi connectivity index (χ1n) is 9.61. The van der Waals surface area contributed by atoms with Crippen LogP contribution in [0.5, 0.6) is 0 Å². The Hall–Kier alpha value is -2.06. The van der Waals surface area contributed by atoms with E-state index in [0.717, 1.165) is 54.4 Å². The standard InChI is InChI=1S/C21H22ClFN4OS/c22-16-4-1-2-5-17(16)24-20(28)13-26-8-3-9-27(11-10-26)14-21-25-18-7-6-15(23)12-19(18)29-21/h1-2,4-7,12H,3,8-11,13-14H2,(H,24,28). The van der Waals surface area contributed by atoms with Gasteiger partial charge in [-0.25, -0.2) is 9.37 Å². The minimum absolute atomic E-state index is 0.0558. The Morgan fingerprint density at radius 3 is 2.79 bits per heavy atom.